The van der Waals surface area contributed by atoms with Crippen molar-refractivity contribution in [1.29, 1.82) is 0 Å². The molecule has 0 unspecified atom stereocenters. The fourth-order valence-electron chi connectivity index (χ4n) is 1.52. The normalized spacial score (nSPS) is 10.9. The molecule has 0 aliphatic rings. The van der Waals surface area contributed by atoms with Gasteiger partial charge < -0.3 is 5.32 Å². The molecule has 0 saturated heterocycles. The van der Waals surface area contributed by atoms with Crippen LogP contribution in [0, 0.1) is 11.8 Å². The lowest BCUT2D eigenvalue weighted by atomic mass is 10.3. The fourth-order valence-corrected chi connectivity index (χ4v) is 2.78. The first-order valence-corrected chi connectivity index (χ1v) is 7.70. The summed E-state index contributed by atoms with van der Waals surface area (Å²) in [5.74, 6) is 5.78. The van der Waals surface area contributed by atoms with Gasteiger partial charge in [0.2, 0.25) is 10.0 Å². The van der Waals surface area contributed by atoms with Gasteiger partial charge in [-0.2, -0.15) is 0 Å². The Kier molecular flexibility index (Phi) is 5.87. The van der Waals surface area contributed by atoms with Crippen molar-refractivity contribution in [2.45, 2.75) is 38.1 Å². The molecular weight excluding hydrogens is 260 g/mol. The second-order valence-corrected chi connectivity index (χ2v) is 6.12. The zero-order valence-corrected chi connectivity index (χ0v) is 12.3. The van der Waals surface area contributed by atoms with Gasteiger partial charge in [0.1, 0.15) is 0 Å². The molecule has 0 aromatic heterocycles. The third-order valence-electron chi connectivity index (χ3n) is 2.31. The van der Waals surface area contributed by atoms with Crippen LogP contribution in [-0.4, -0.2) is 21.0 Å². The first kappa shape index (κ1) is 15.5. The van der Waals surface area contributed by atoms with Crippen LogP contribution in [0.3, 0.4) is 0 Å². The van der Waals surface area contributed by atoms with Crippen LogP contribution in [0.1, 0.15) is 27.2 Å². The molecule has 1 rings (SSSR count). The van der Waals surface area contributed by atoms with E-state index in [1.807, 2.05) is 0 Å². The Morgan fingerprint density at radius 2 is 1.84 bits per heavy atom. The van der Waals surface area contributed by atoms with E-state index in [4.69, 9.17) is 0 Å². The second-order valence-electron chi connectivity index (χ2n) is 4.40. The van der Waals surface area contributed by atoms with Crippen molar-refractivity contribution in [3.8, 4) is 11.8 Å². The number of benzene rings is 1. The van der Waals surface area contributed by atoms with Crippen LogP contribution in [0.25, 0.3) is 0 Å². The zero-order valence-electron chi connectivity index (χ0n) is 11.5. The lowest BCUT2D eigenvalue weighted by molar-refractivity contribution is 0.570. The average molecular weight is 280 g/mol. The Morgan fingerprint density at radius 1 is 1.21 bits per heavy atom. The maximum Gasteiger partial charge on any atom is 0.240 e. The summed E-state index contributed by atoms with van der Waals surface area (Å²) in [4.78, 5) is 0.278. The van der Waals surface area contributed by atoms with E-state index in [1.165, 1.54) is 0 Å². The molecule has 0 aliphatic carbocycles. The smallest absolute Gasteiger partial charge is 0.240 e. The molecular formula is C14H20N2O2S. The molecule has 0 aliphatic heterocycles. The van der Waals surface area contributed by atoms with Crippen molar-refractivity contribution in [1.82, 2.24) is 4.72 Å². The number of sulfonamides is 1. The van der Waals surface area contributed by atoms with Gasteiger partial charge in [0.15, 0.2) is 0 Å². The average Bonchev–Trinajstić information content (AvgIpc) is 2.34. The Balaban J connectivity index is 2.67. The number of hydrogen-bond acceptors (Lipinski definition) is 3. The maximum absolute atomic E-state index is 11.9. The second kappa shape index (κ2) is 7.17. The highest BCUT2D eigenvalue weighted by atomic mass is 32.2. The Labute approximate surface area is 115 Å². The summed E-state index contributed by atoms with van der Waals surface area (Å²) >= 11 is 0. The largest absolute Gasteiger partial charge is 0.384 e. The molecule has 1 aromatic rings. The van der Waals surface area contributed by atoms with Gasteiger partial charge in [-0.25, -0.2) is 13.1 Å². The monoisotopic (exact) mass is 280 g/mol. The first-order chi connectivity index (χ1) is 8.95. The van der Waals surface area contributed by atoms with Gasteiger partial charge in [0.05, 0.1) is 4.90 Å². The zero-order chi connectivity index (χ0) is 14.3. The van der Waals surface area contributed by atoms with E-state index in [0.29, 0.717) is 0 Å². The number of hydrogen-bond donors (Lipinski definition) is 2. The molecule has 0 spiro atoms. The molecule has 19 heavy (non-hydrogen) atoms. The molecule has 1 aromatic carbocycles. The van der Waals surface area contributed by atoms with E-state index in [1.54, 1.807) is 45.0 Å². The van der Waals surface area contributed by atoms with Crippen molar-refractivity contribution >= 4 is 15.7 Å². The molecule has 2 N–H and O–H groups in total. The van der Waals surface area contributed by atoms with E-state index < -0.39 is 10.0 Å². The minimum Gasteiger partial charge on any atom is -0.384 e. The SMILES string of the molecule is CC#CCCNc1ccc(S(=O)(=O)NC(C)C)cc1. The number of anilines is 1. The summed E-state index contributed by atoms with van der Waals surface area (Å²) in [6, 6.07) is 6.59. The third-order valence-corrected chi connectivity index (χ3v) is 3.99. The lowest BCUT2D eigenvalue weighted by Gasteiger charge is -2.10. The summed E-state index contributed by atoms with van der Waals surface area (Å²) in [6.07, 6.45) is 0.769. The van der Waals surface area contributed by atoms with E-state index in [9.17, 15) is 8.42 Å². The third kappa shape index (κ3) is 5.33. The Hall–Kier alpha value is -1.51. The minimum absolute atomic E-state index is 0.115. The van der Waals surface area contributed by atoms with Crippen LogP contribution >= 0.6 is 0 Å². The van der Waals surface area contributed by atoms with E-state index in [-0.39, 0.29) is 10.9 Å². The molecule has 0 fully saturated rings. The summed E-state index contributed by atoms with van der Waals surface area (Å²) in [7, 11) is -3.41. The highest BCUT2D eigenvalue weighted by Gasteiger charge is 2.14. The highest BCUT2D eigenvalue weighted by Crippen LogP contribution is 2.14. The van der Waals surface area contributed by atoms with E-state index in [2.05, 4.69) is 21.9 Å². The number of rotatable bonds is 6. The standard InChI is InChI=1S/C14H20N2O2S/c1-4-5-6-11-15-13-7-9-14(10-8-13)19(17,18)16-12(2)3/h7-10,12,15-16H,6,11H2,1-3H3. The van der Waals surface area contributed by atoms with E-state index in [0.717, 1.165) is 18.7 Å². The minimum atomic E-state index is -3.41. The molecule has 4 nitrogen and oxygen atoms in total. The van der Waals surface area contributed by atoms with Gasteiger partial charge >= 0.3 is 0 Å². The van der Waals surface area contributed by atoms with Crippen molar-refractivity contribution in [2.24, 2.45) is 0 Å². The molecule has 104 valence electrons. The molecule has 5 heteroatoms. The van der Waals surface area contributed by atoms with Gasteiger partial charge in [-0.1, -0.05) is 0 Å². The first-order valence-electron chi connectivity index (χ1n) is 6.21. The van der Waals surface area contributed by atoms with Crippen LogP contribution in [-0.2, 0) is 10.0 Å². The van der Waals surface area contributed by atoms with Gasteiger partial charge in [-0.3, -0.25) is 0 Å². The summed E-state index contributed by atoms with van der Waals surface area (Å²) in [5.41, 5.74) is 0.890. The predicted molar refractivity (Wildman–Crippen MR) is 78.5 cm³/mol. The van der Waals surface area contributed by atoms with Gasteiger partial charge in [-0.05, 0) is 45.0 Å². The van der Waals surface area contributed by atoms with Gasteiger partial charge in [0.25, 0.3) is 0 Å². The topological polar surface area (TPSA) is 58.2 Å². The molecule has 0 atom stereocenters. The Bertz CT molecular complexity index is 551. The van der Waals surface area contributed by atoms with Crippen molar-refractivity contribution in [3.05, 3.63) is 24.3 Å². The van der Waals surface area contributed by atoms with E-state index >= 15 is 0 Å². The van der Waals surface area contributed by atoms with Crippen molar-refractivity contribution in [2.75, 3.05) is 11.9 Å². The Morgan fingerprint density at radius 3 is 2.37 bits per heavy atom. The fraction of sp³-hybridized carbons (Fsp3) is 0.429. The number of nitrogens with one attached hydrogen (secondary N) is 2. The lowest BCUT2D eigenvalue weighted by Crippen LogP contribution is -2.30. The van der Waals surface area contributed by atoms with Crippen LogP contribution < -0.4 is 10.0 Å². The van der Waals surface area contributed by atoms with Crippen molar-refractivity contribution < 1.29 is 8.42 Å². The summed E-state index contributed by atoms with van der Waals surface area (Å²) < 4.78 is 26.4. The molecule has 0 saturated carbocycles. The quantitative estimate of drug-likeness (QED) is 0.620. The van der Waals surface area contributed by atoms with Crippen molar-refractivity contribution in [3.63, 3.8) is 0 Å². The maximum atomic E-state index is 11.9. The summed E-state index contributed by atoms with van der Waals surface area (Å²) in [5, 5.41) is 3.18. The molecule has 0 amide bonds. The molecule has 0 bridgehead atoms. The molecule has 0 heterocycles. The predicted octanol–water partition coefficient (Wildman–Crippen LogP) is 2.20. The van der Waals surface area contributed by atoms with Gasteiger partial charge in [0, 0.05) is 24.7 Å². The van der Waals surface area contributed by atoms with Crippen LogP contribution in [0.4, 0.5) is 5.69 Å². The highest BCUT2D eigenvalue weighted by molar-refractivity contribution is 7.89. The van der Waals surface area contributed by atoms with Crippen LogP contribution in [0.5, 0.6) is 0 Å². The van der Waals surface area contributed by atoms with Gasteiger partial charge in [-0.15, -0.1) is 11.8 Å². The molecule has 0 radical (unpaired) electrons. The summed E-state index contributed by atoms with van der Waals surface area (Å²) in [6.45, 7) is 6.14. The van der Waals surface area contributed by atoms with Crippen LogP contribution in [0.2, 0.25) is 0 Å². The van der Waals surface area contributed by atoms with Crippen LogP contribution in [0.15, 0.2) is 29.2 Å².